The van der Waals surface area contributed by atoms with Crippen molar-refractivity contribution in [1.29, 1.82) is 0 Å². The molecule has 1 heterocycles. The number of hydrogen-bond acceptors (Lipinski definition) is 6. The maximum atomic E-state index is 13.4. The third-order valence-corrected chi connectivity index (χ3v) is 5.54. The van der Waals surface area contributed by atoms with Gasteiger partial charge in [0.2, 0.25) is 5.62 Å². The lowest BCUT2D eigenvalue weighted by atomic mass is 10.1. The van der Waals surface area contributed by atoms with E-state index in [1.807, 2.05) is 45.0 Å². The van der Waals surface area contributed by atoms with Gasteiger partial charge >= 0.3 is 17.3 Å². The molecule has 3 aromatic rings. The van der Waals surface area contributed by atoms with Crippen molar-refractivity contribution in [3.8, 4) is 5.75 Å². The van der Waals surface area contributed by atoms with Crippen molar-refractivity contribution in [2.24, 2.45) is 10.9 Å². The third kappa shape index (κ3) is 5.83. The molecule has 0 aliphatic carbocycles. The molecule has 0 fully saturated rings. The van der Waals surface area contributed by atoms with E-state index in [2.05, 4.69) is 11.6 Å². The number of rotatable bonds is 9. The summed E-state index contributed by atoms with van der Waals surface area (Å²) in [6.45, 7) is 10.6. The molecule has 0 bridgehead atoms. The molecule has 1 atom stereocenters. The summed E-state index contributed by atoms with van der Waals surface area (Å²) in [6.07, 6.45) is 1.70. The second-order valence-corrected chi connectivity index (χ2v) is 8.85. The van der Waals surface area contributed by atoms with E-state index < -0.39 is 23.3 Å². The summed E-state index contributed by atoms with van der Waals surface area (Å²) < 4.78 is 8.61. The lowest BCUT2D eigenvalue weighted by Crippen LogP contribution is -2.58. The van der Waals surface area contributed by atoms with Gasteiger partial charge in [-0.05, 0) is 55.7 Å². The summed E-state index contributed by atoms with van der Waals surface area (Å²) in [5.41, 5.74) is 1.31. The molecule has 2 aromatic carbocycles. The number of hydrogen-bond donors (Lipinski definition) is 2. The zero-order chi connectivity index (χ0) is 26.6. The second-order valence-electron chi connectivity index (χ2n) is 8.85. The van der Waals surface area contributed by atoms with Gasteiger partial charge in [0.25, 0.3) is 0 Å². The van der Waals surface area contributed by atoms with E-state index in [-0.39, 0.29) is 24.8 Å². The fourth-order valence-corrected chi connectivity index (χ4v) is 3.57. The van der Waals surface area contributed by atoms with Crippen LogP contribution in [0.1, 0.15) is 37.5 Å². The Balaban J connectivity index is 2.23. The highest BCUT2D eigenvalue weighted by molar-refractivity contribution is 5.69. The van der Waals surface area contributed by atoms with E-state index in [0.717, 1.165) is 25.9 Å². The highest BCUT2D eigenvalue weighted by Gasteiger charge is 2.19. The number of carboxylic acid groups (broad SMARTS) is 1. The van der Waals surface area contributed by atoms with Crippen LogP contribution in [0.3, 0.4) is 0 Å². The van der Waals surface area contributed by atoms with Gasteiger partial charge < -0.3 is 15.7 Å². The molecule has 3 N–H and O–H groups in total. The summed E-state index contributed by atoms with van der Waals surface area (Å²) in [5.74, 6) is 4.72. The van der Waals surface area contributed by atoms with Gasteiger partial charge in [-0.25, -0.2) is 19.1 Å². The molecule has 3 rings (SSSR count). The first-order chi connectivity index (χ1) is 17.0. The van der Waals surface area contributed by atoms with Gasteiger partial charge in [0.15, 0.2) is 0 Å². The summed E-state index contributed by atoms with van der Waals surface area (Å²) >= 11 is 0. The molecule has 0 aliphatic rings. The number of aromatic nitrogens is 3. The number of ether oxygens (including phenoxy) is 1. The quantitative estimate of drug-likeness (QED) is 0.439. The van der Waals surface area contributed by atoms with Gasteiger partial charge in [0.05, 0.1) is 24.3 Å². The molecule has 0 amide bonds. The van der Waals surface area contributed by atoms with Crippen LogP contribution in [0.25, 0.3) is 6.08 Å². The number of aryl methyl sites for hydroxylation is 1. The summed E-state index contributed by atoms with van der Waals surface area (Å²) in [5, 5.41) is 9.30. The first kappa shape index (κ1) is 26.3. The van der Waals surface area contributed by atoms with Crippen LogP contribution in [0, 0.1) is 12.8 Å². The zero-order valence-corrected chi connectivity index (χ0v) is 20.8. The van der Waals surface area contributed by atoms with E-state index in [4.69, 9.17) is 10.6 Å². The van der Waals surface area contributed by atoms with E-state index in [1.54, 1.807) is 24.3 Å². The smallest absolute Gasteiger partial charge is 0.353 e. The van der Waals surface area contributed by atoms with Crippen molar-refractivity contribution in [3.63, 3.8) is 0 Å². The number of nitrogens with two attached hydrogens (primary N) is 1. The van der Waals surface area contributed by atoms with E-state index in [1.165, 1.54) is 11.5 Å². The molecule has 0 unspecified atom stereocenters. The Bertz CT molecular complexity index is 1460. The molecular weight excluding hydrogens is 462 g/mol. The molecule has 0 saturated carbocycles. The molecule has 0 saturated heterocycles. The Morgan fingerprint density at radius 2 is 1.78 bits per heavy atom. The van der Waals surface area contributed by atoms with Crippen LogP contribution in [0.4, 0.5) is 5.69 Å². The van der Waals surface area contributed by atoms with Crippen LogP contribution < -0.4 is 27.6 Å². The lowest BCUT2D eigenvalue weighted by Gasteiger charge is -2.16. The fourth-order valence-electron chi connectivity index (χ4n) is 3.57. The zero-order valence-electron chi connectivity index (χ0n) is 20.8. The predicted octanol–water partition coefficient (Wildman–Crippen LogP) is 2.27. The van der Waals surface area contributed by atoms with Gasteiger partial charge in [-0.3, -0.25) is 9.36 Å². The van der Waals surface area contributed by atoms with Crippen LogP contribution in [0.5, 0.6) is 5.75 Å². The van der Waals surface area contributed by atoms with Gasteiger partial charge in [0.1, 0.15) is 5.75 Å². The Morgan fingerprint density at radius 3 is 2.33 bits per heavy atom. The van der Waals surface area contributed by atoms with Gasteiger partial charge in [-0.15, -0.1) is 0 Å². The number of aliphatic carboxylic acids is 1. The third-order valence-electron chi connectivity index (χ3n) is 5.54. The average molecular weight is 494 g/mol. The lowest BCUT2D eigenvalue weighted by molar-refractivity contribution is -0.141. The minimum atomic E-state index is -1.13. The van der Waals surface area contributed by atoms with E-state index in [0.29, 0.717) is 11.4 Å². The van der Waals surface area contributed by atoms with Crippen LogP contribution in [0.2, 0.25) is 0 Å². The maximum absolute atomic E-state index is 13.4. The van der Waals surface area contributed by atoms with Crippen molar-refractivity contribution >= 4 is 17.7 Å². The normalized spacial score (nSPS) is 12.5. The Hall–Kier alpha value is -4.34. The SMILES string of the molecule is C=Cc1ccc(Cn2c(=O)n(C[C@H](C)C(=O)O)c(=O)n(N)/c2=N\c2ccc(OC(C)C)c(C)c2)cc1. The Kier molecular flexibility index (Phi) is 7.98. The summed E-state index contributed by atoms with van der Waals surface area (Å²) in [6, 6.07) is 12.6. The molecule has 10 heteroatoms. The summed E-state index contributed by atoms with van der Waals surface area (Å²) in [4.78, 5) is 42.4. The number of nitrogens with zero attached hydrogens (tertiary/aromatic N) is 4. The number of benzene rings is 2. The summed E-state index contributed by atoms with van der Waals surface area (Å²) in [7, 11) is 0. The first-order valence-corrected chi connectivity index (χ1v) is 11.5. The monoisotopic (exact) mass is 493 g/mol. The maximum Gasteiger partial charge on any atom is 0.353 e. The molecule has 10 nitrogen and oxygen atoms in total. The fraction of sp³-hybridized carbons (Fsp3) is 0.308. The predicted molar refractivity (Wildman–Crippen MR) is 138 cm³/mol. The minimum absolute atomic E-state index is 0.00358. The molecule has 0 spiro atoms. The molecule has 0 aliphatic heterocycles. The number of nitrogen functional groups attached to an aromatic ring is 1. The first-order valence-electron chi connectivity index (χ1n) is 11.5. The largest absolute Gasteiger partial charge is 0.491 e. The highest BCUT2D eigenvalue weighted by atomic mass is 16.5. The molecular formula is C26H31N5O5. The number of carbonyl (C=O) groups is 1. The van der Waals surface area contributed by atoms with Crippen LogP contribution in [-0.4, -0.2) is 31.0 Å². The topological polar surface area (TPSA) is 134 Å². The van der Waals surface area contributed by atoms with Gasteiger partial charge in [-0.2, -0.15) is 4.68 Å². The van der Waals surface area contributed by atoms with Crippen LogP contribution >= 0.6 is 0 Å². The Labute approximate surface area is 208 Å². The van der Waals surface area contributed by atoms with Crippen molar-refractivity contribution in [1.82, 2.24) is 13.8 Å². The van der Waals surface area contributed by atoms with Gasteiger partial charge in [0, 0.05) is 6.54 Å². The van der Waals surface area contributed by atoms with Crippen molar-refractivity contribution < 1.29 is 14.6 Å². The van der Waals surface area contributed by atoms with Gasteiger partial charge in [-0.1, -0.05) is 43.8 Å². The van der Waals surface area contributed by atoms with Crippen LogP contribution in [-0.2, 0) is 17.9 Å². The molecule has 36 heavy (non-hydrogen) atoms. The standard InChI is InChI=1S/C26H31N5O5/c1-6-19-7-9-20(10-8-19)15-29-24(28-21-11-12-22(17(4)13-21)36-16(2)3)31(27)26(35)30(25(29)34)14-18(5)23(32)33/h6-13,16,18H,1,14-15,27H2,2-5H3,(H,32,33)/b28-24-/t18-/m0/s1. The van der Waals surface area contributed by atoms with Crippen LogP contribution in [0.15, 0.2) is 63.6 Å². The second kappa shape index (κ2) is 10.9. The highest BCUT2D eigenvalue weighted by Crippen LogP contribution is 2.24. The van der Waals surface area contributed by atoms with Crippen molar-refractivity contribution in [2.45, 2.75) is 46.9 Å². The van der Waals surface area contributed by atoms with E-state index in [9.17, 15) is 19.5 Å². The minimum Gasteiger partial charge on any atom is -0.491 e. The molecule has 190 valence electrons. The molecule has 1 aromatic heterocycles. The number of carboxylic acids is 1. The van der Waals surface area contributed by atoms with Crippen molar-refractivity contribution in [3.05, 3.63) is 92.3 Å². The van der Waals surface area contributed by atoms with Crippen molar-refractivity contribution in [2.75, 3.05) is 5.84 Å². The Morgan fingerprint density at radius 1 is 1.11 bits per heavy atom. The molecule has 0 radical (unpaired) electrons. The average Bonchev–Trinajstić information content (AvgIpc) is 2.84. The van der Waals surface area contributed by atoms with E-state index >= 15 is 0 Å².